The summed E-state index contributed by atoms with van der Waals surface area (Å²) in [6.45, 7) is 1.11. The largest absolute Gasteiger partial charge is 0.382 e. The number of benzene rings is 1. The van der Waals surface area contributed by atoms with Crippen molar-refractivity contribution in [1.29, 1.82) is 0 Å². The van der Waals surface area contributed by atoms with Gasteiger partial charge in [0.15, 0.2) is 0 Å². The van der Waals surface area contributed by atoms with E-state index in [0.717, 1.165) is 4.47 Å². The van der Waals surface area contributed by atoms with Gasteiger partial charge in [0, 0.05) is 29.2 Å². The molecular formula is C13H14BrFN4O. The van der Waals surface area contributed by atoms with E-state index in [2.05, 4.69) is 26.3 Å². The number of rotatable bonds is 5. The molecule has 7 heteroatoms. The Labute approximate surface area is 123 Å². The summed E-state index contributed by atoms with van der Waals surface area (Å²) < 4.78 is 15.6. The molecule has 0 aliphatic carbocycles. The number of hydrogen-bond donors (Lipinski definition) is 2. The first-order valence-electron chi connectivity index (χ1n) is 6.05. The lowest BCUT2D eigenvalue weighted by molar-refractivity contribution is 0.572. The van der Waals surface area contributed by atoms with Crippen LogP contribution in [0.5, 0.6) is 0 Å². The third kappa shape index (κ3) is 3.64. The molecule has 0 saturated carbocycles. The highest BCUT2D eigenvalue weighted by atomic mass is 79.9. The van der Waals surface area contributed by atoms with Gasteiger partial charge < -0.3 is 11.1 Å². The van der Waals surface area contributed by atoms with Crippen molar-refractivity contribution < 1.29 is 4.39 Å². The van der Waals surface area contributed by atoms with Crippen LogP contribution >= 0.6 is 15.9 Å². The van der Waals surface area contributed by atoms with E-state index in [1.807, 2.05) is 0 Å². The Morgan fingerprint density at radius 2 is 2.20 bits per heavy atom. The molecule has 2 aromatic rings. The van der Waals surface area contributed by atoms with Crippen molar-refractivity contribution in [1.82, 2.24) is 9.78 Å². The summed E-state index contributed by atoms with van der Waals surface area (Å²) in [6, 6.07) is 6.00. The van der Waals surface area contributed by atoms with Crippen molar-refractivity contribution in [3.05, 3.63) is 56.7 Å². The summed E-state index contributed by atoms with van der Waals surface area (Å²) in [5.74, 6) is -0.368. The van der Waals surface area contributed by atoms with Gasteiger partial charge in [-0.2, -0.15) is 5.10 Å². The van der Waals surface area contributed by atoms with E-state index >= 15 is 0 Å². The van der Waals surface area contributed by atoms with Crippen molar-refractivity contribution in [2.75, 3.05) is 18.4 Å². The molecule has 1 heterocycles. The first-order chi connectivity index (χ1) is 9.60. The van der Waals surface area contributed by atoms with Crippen LogP contribution in [0.4, 0.5) is 10.1 Å². The molecule has 0 radical (unpaired) electrons. The molecule has 0 aliphatic heterocycles. The first-order valence-corrected chi connectivity index (χ1v) is 6.84. The van der Waals surface area contributed by atoms with Crippen molar-refractivity contribution in [2.24, 2.45) is 5.73 Å². The summed E-state index contributed by atoms with van der Waals surface area (Å²) >= 11 is 3.27. The van der Waals surface area contributed by atoms with E-state index in [4.69, 9.17) is 5.73 Å². The van der Waals surface area contributed by atoms with Gasteiger partial charge in [0.25, 0.3) is 5.56 Å². The fraction of sp³-hybridized carbons (Fsp3) is 0.231. The molecule has 5 nitrogen and oxygen atoms in total. The fourth-order valence-electron chi connectivity index (χ4n) is 1.69. The van der Waals surface area contributed by atoms with Crippen molar-refractivity contribution in [2.45, 2.75) is 6.54 Å². The second kappa shape index (κ2) is 6.62. The number of nitrogens with one attached hydrogen (secondary N) is 1. The minimum absolute atomic E-state index is 0.0846. The number of nitrogens with zero attached hydrogens (tertiary/aromatic N) is 2. The maximum atomic E-state index is 13.6. The number of nitrogens with two attached hydrogens (primary N) is 1. The smallest absolute Gasteiger partial charge is 0.269 e. The van der Waals surface area contributed by atoms with Crippen LogP contribution < -0.4 is 16.6 Å². The van der Waals surface area contributed by atoms with Gasteiger partial charge in [-0.3, -0.25) is 4.79 Å². The van der Waals surface area contributed by atoms with Crippen LogP contribution in [0, 0.1) is 5.82 Å². The van der Waals surface area contributed by atoms with Crippen molar-refractivity contribution >= 4 is 21.6 Å². The van der Waals surface area contributed by atoms with Crippen LogP contribution in [0.25, 0.3) is 0 Å². The van der Waals surface area contributed by atoms with Crippen molar-refractivity contribution in [3.63, 3.8) is 0 Å². The average molecular weight is 341 g/mol. The lowest BCUT2D eigenvalue weighted by Gasteiger charge is -2.08. The third-order valence-electron chi connectivity index (χ3n) is 2.67. The molecule has 0 saturated heterocycles. The Hall–Kier alpha value is -1.73. The zero-order valence-electron chi connectivity index (χ0n) is 10.6. The van der Waals surface area contributed by atoms with E-state index in [-0.39, 0.29) is 17.9 Å². The highest BCUT2D eigenvalue weighted by molar-refractivity contribution is 9.10. The molecule has 0 aliphatic rings. The molecular weight excluding hydrogens is 327 g/mol. The summed E-state index contributed by atoms with van der Waals surface area (Å²) in [7, 11) is 0. The third-order valence-corrected chi connectivity index (χ3v) is 3.16. The molecule has 0 bridgehead atoms. The summed E-state index contributed by atoms with van der Waals surface area (Å²) in [4.78, 5) is 11.9. The molecule has 1 aromatic carbocycles. The normalized spacial score (nSPS) is 10.6. The zero-order chi connectivity index (χ0) is 14.5. The van der Waals surface area contributed by atoms with E-state index in [1.165, 1.54) is 23.0 Å². The molecule has 0 unspecified atom stereocenters. The summed E-state index contributed by atoms with van der Waals surface area (Å²) in [6.07, 6.45) is 1.52. The van der Waals surface area contributed by atoms with E-state index < -0.39 is 0 Å². The SMILES string of the molecule is NCCNc1cnn(Cc2cc(Br)ccc2F)c(=O)c1. The maximum Gasteiger partial charge on any atom is 0.269 e. The van der Waals surface area contributed by atoms with Crippen LogP contribution in [0.1, 0.15) is 5.56 Å². The summed E-state index contributed by atoms with van der Waals surface area (Å²) in [5.41, 5.74) is 6.07. The predicted octanol–water partition coefficient (Wildman–Crippen LogP) is 1.56. The van der Waals surface area contributed by atoms with Crippen LogP contribution in [0.15, 0.2) is 39.7 Å². The molecule has 2 rings (SSSR count). The summed E-state index contributed by atoms with van der Waals surface area (Å²) in [5, 5.41) is 6.98. The van der Waals surface area contributed by atoms with Gasteiger partial charge >= 0.3 is 0 Å². The molecule has 0 spiro atoms. The monoisotopic (exact) mass is 340 g/mol. The molecule has 106 valence electrons. The second-order valence-corrected chi connectivity index (χ2v) is 5.11. The Kier molecular flexibility index (Phi) is 4.86. The lowest BCUT2D eigenvalue weighted by Crippen LogP contribution is -2.24. The van der Waals surface area contributed by atoms with Crippen LogP contribution in [0.2, 0.25) is 0 Å². The number of hydrogen-bond acceptors (Lipinski definition) is 4. The highest BCUT2D eigenvalue weighted by Crippen LogP contribution is 2.16. The molecule has 3 N–H and O–H groups in total. The van der Waals surface area contributed by atoms with Gasteiger partial charge in [0.1, 0.15) is 5.82 Å². The van der Waals surface area contributed by atoms with Crippen molar-refractivity contribution in [3.8, 4) is 0 Å². The lowest BCUT2D eigenvalue weighted by atomic mass is 10.2. The van der Waals surface area contributed by atoms with Gasteiger partial charge in [0.2, 0.25) is 0 Å². The maximum absolute atomic E-state index is 13.6. The molecule has 0 amide bonds. The van der Waals surface area contributed by atoms with Crippen LogP contribution in [-0.4, -0.2) is 22.9 Å². The Bertz CT molecular complexity index is 659. The first kappa shape index (κ1) is 14.7. The average Bonchev–Trinajstić information content (AvgIpc) is 2.43. The van der Waals surface area contributed by atoms with Crippen LogP contribution in [0.3, 0.4) is 0 Å². The van der Waals surface area contributed by atoms with E-state index in [9.17, 15) is 9.18 Å². The zero-order valence-corrected chi connectivity index (χ0v) is 12.2. The molecule has 20 heavy (non-hydrogen) atoms. The van der Waals surface area contributed by atoms with E-state index in [1.54, 1.807) is 12.1 Å². The minimum Gasteiger partial charge on any atom is -0.382 e. The van der Waals surface area contributed by atoms with Gasteiger partial charge in [-0.15, -0.1) is 0 Å². The fourth-order valence-corrected chi connectivity index (χ4v) is 2.10. The second-order valence-electron chi connectivity index (χ2n) is 4.19. The van der Waals surface area contributed by atoms with Gasteiger partial charge in [0.05, 0.1) is 18.4 Å². The predicted molar refractivity (Wildman–Crippen MR) is 79.2 cm³/mol. The van der Waals surface area contributed by atoms with Crippen LogP contribution in [-0.2, 0) is 6.54 Å². The highest BCUT2D eigenvalue weighted by Gasteiger charge is 2.06. The Morgan fingerprint density at radius 1 is 1.40 bits per heavy atom. The topological polar surface area (TPSA) is 72.9 Å². The minimum atomic E-state index is -0.368. The molecule has 0 fully saturated rings. The molecule has 1 aromatic heterocycles. The Balaban J connectivity index is 2.21. The number of anilines is 1. The van der Waals surface area contributed by atoms with Gasteiger partial charge in [-0.1, -0.05) is 15.9 Å². The number of aromatic nitrogens is 2. The van der Waals surface area contributed by atoms with E-state index in [0.29, 0.717) is 24.3 Å². The molecule has 0 atom stereocenters. The quantitative estimate of drug-likeness (QED) is 0.866. The Morgan fingerprint density at radius 3 is 2.90 bits per heavy atom. The van der Waals surface area contributed by atoms with Gasteiger partial charge in [-0.25, -0.2) is 9.07 Å². The standard InChI is InChI=1S/C13H14BrFN4O/c14-10-1-2-12(15)9(5-10)8-19-13(20)6-11(7-18-19)17-4-3-16/h1-2,5-7,17H,3-4,8,16H2. The number of halogens is 2. The van der Waals surface area contributed by atoms with Gasteiger partial charge in [-0.05, 0) is 18.2 Å².